The molecule has 0 saturated carbocycles. The summed E-state index contributed by atoms with van der Waals surface area (Å²) in [6.07, 6.45) is 5.47. The van der Waals surface area contributed by atoms with Gasteiger partial charge < -0.3 is 24.4 Å². The molecule has 0 bridgehead atoms. The van der Waals surface area contributed by atoms with Gasteiger partial charge in [-0.15, -0.1) is 0 Å². The zero-order chi connectivity index (χ0) is 21.0. The molecule has 3 rings (SSSR count). The summed E-state index contributed by atoms with van der Waals surface area (Å²) in [5.74, 6) is -0.653. The maximum atomic E-state index is 12.7. The summed E-state index contributed by atoms with van der Waals surface area (Å²) in [4.78, 5) is 30.0. The second kappa shape index (κ2) is 8.81. The number of hydrogen-bond donors (Lipinski definition) is 2. The van der Waals surface area contributed by atoms with Crippen LogP contribution in [0.3, 0.4) is 0 Å². The van der Waals surface area contributed by atoms with E-state index >= 15 is 0 Å². The van der Waals surface area contributed by atoms with Gasteiger partial charge in [0.1, 0.15) is 11.9 Å². The van der Waals surface area contributed by atoms with Gasteiger partial charge in [0.05, 0.1) is 36.5 Å². The lowest BCUT2D eigenvalue weighted by Gasteiger charge is -2.12. The van der Waals surface area contributed by atoms with E-state index in [2.05, 4.69) is 22.5 Å². The molecule has 0 aliphatic heterocycles. The summed E-state index contributed by atoms with van der Waals surface area (Å²) < 4.78 is 11.8. The Balaban J connectivity index is 2.19. The van der Waals surface area contributed by atoms with Crippen LogP contribution in [0.2, 0.25) is 0 Å². The molecule has 154 valence electrons. The maximum absolute atomic E-state index is 12.7. The highest BCUT2D eigenvalue weighted by Crippen LogP contribution is 2.33. The normalized spacial score (nSPS) is 11.1. The van der Waals surface area contributed by atoms with E-state index in [0.717, 1.165) is 18.7 Å². The van der Waals surface area contributed by atoms with Crippen molar-refractivity contribution >= 4 is 34.3 Å². The van der Waals surface area contributed by atoms with Crippen LogP contribution in [-0.4, -0.2) is 35.1 Å². The Morgan fingerprint density at radius 1 is 1.34 bits per heavy atom. The number of furan rings is 1. The highest BCUT2D eigenvalue weighted by molar-refractivity contribution is 6.14. The van der Waals surface area contributed by atoms with Gasteiger partial charge in [-0.25, -0.2) is 9.78 Å². The van der Waals surface area contributed by atoms with Gasteiger partial charge in [0.2, 0.25) is 0 Å². The molecule has 0 aliphatic rings. The van der Waals surface area contributed by atoms with Crippen molar-refractivity contribution in [3.8, 4) is 0 Å². The SMILES string of the molecule is CCCNc1cnc2c(c1)c(NC(=O)c1ccoc1)c(C(=O)OC)n2CC(C)C. The summed E-state index contributed by atoms with van der Waals surface area (Å²) in [5.41, 5.74) is 2.44. The minimum Gasteiger partial charge on any atom is -0.472 e. The fourth-order valence-electron chi connectivity index (χ4n) is 3.15. The molecule has 8 nitrogen and oxygen atoms in total. The van der Waals surface area contributed by atoms with Crippen molar-refractivity contribution in [1.82, 2.24) is 9.55 Å². The first kappa shape index (κ1) is 20.4. The van der Waals surface area contributed by atoms with Gasteiger partial charge in [0, 0.05) is 18.5 Å². The quantitative estimate of drug-likeness (QED) is 0.553. The van der Waals surface area contributed by atoms with E-state index in [1.54, 1.807) is 16.8 Å². The number of rotatable bonds is 8. The number of aromatic nitrogens is 2. The van der Waals surface area contributed by atoms with Crippen LogP contribution in [0.1, 0.15) is 48.0 Å². The highest BCUT2D eigenvalue weighted by atomic mass is 16.5. The average Bonchev–Trinajstić information content (AvgIpc) is 3.33. The van der Waals surface area contributed by atoms with Crippen molar-refractivity contribution in [2.75, 3.05) is 24.3 Å². The number of hydrogen-bond acceptors (Lipinski definition) is 6. The molecule has 0 fully saturated rings. The van der Waals surface area contributed by atoms with E-state index in [9.17, 15) is 9.59 Å². The first-order chi connectivity index (χ1) is 14.0. The molecule has 0 radical (unpaired) electrons. The molecule has 0 spiro atoms. The standard InChI is InChI=1S/C21H26N4O4/c1-5-7-22-15-9-16-17(24-20(26)14-6-8-29-12-14)18(21(27)28-4)25(11-13(2)3)19(16)23-10-15/h6,8-10,12-13,22H,5,7,11H2,1-4H3,(H,24,26). The summed E-state index contributed by atoms with van der Waals surface area (Å²) in [6.45, 7) is 7.52. The zero-order valence-corrected chi connectivity index (χ0v) is 17.1. The van der Waals surface area contributed by atoms with Crippen LogP contribution < -0.4 is 10.6 Å². The minimum atomic E-state index is -0.533. The number of anilines is 2. The molecule has 0 aromatic carbocycles. The van der Waals surface area contributed by atoms with Crippen molar-refractivity contribution in [2.24, 2.45) is 5.92 Å². The Kier molecular flexibility index (Phi) is 6.21. The Labute approximate surface area is 169 Å². The number of fused-ring (bicyclic) bond motifs is 1. The van der Waals surface area contributed by atoms with Crippen molar-refractivity contribution in [2.45, 2.75) is 33.7 Å². The van der Waals surface area contributed by atoms with Crippen LogP contribution in [0.15, 0.2) is 35.3 Å². The number of carbonyl (C=O) groups is 2. The summed E-state index contributed by atoms with van der Waals surface area (Å²) >= 11 is 0. The van der Waals surface area contributed by atoms with Crippen molar-refractivity contribution < 1.29 is 18.7 Å². The molecule has 29 heavy (non-hydrogen) atoms. The number of amides is 1. The average molecular weight is 398 g/mol. The Bertz CT molecular complexity index is 1010. The number of nitrogens with one attached hydrogen (secondary N) is 2. The second-order valence-corrected chi connectivity index (χ2v) is 7.21. The van der Waals surface area contributed by atoms with E-state index in [1.807, 2.05) is 19.9 Å². The topological polar surface area (TPSA) is 98.4 Å². The van der Waals surface area contributed by atoms with Crippen molar-refractivity contribution in [3.63, 3.8) is 0 Å². The molecule has 2 N–H and O–H groups in total. The largest absolute Gasteiger partial charge is 0.472 e. The van der Waals surface area contributed by atoms with E-state index in [4.69, 9.17) is 9.15 Å². The van der Waals surface area contributed by atoms with Crippen LogP contribution in [0, 0.1) is 5.92 Å². The second-order valence-electron chi connectivity index (χ2n) is 7.21. The van der Waals surface area contributed by atoms with Crippen LogP contribution in [0.25, 0.3) is 11.0 Å². The third-order valence-electron chi connectivity index (χ3n) is 4.43. The van der Waals surface area contributed by atoms with Crippen LogP contribution >= 0.6 is 0 Å². The molecule has 0 saturated heterocycles. The fourth-order valence-corrected chi connectivity index (χ4v) is 3.15. The Morgan fingerprint density at radius 2 is 2.14 bits per heavy atom. The van der Waals surface area contributed by atoms with Crippen LogP contribution in [-0.2, 0) is 11.3 Å². The van der Waals surface area contributed by atoms with E-state index in [0.29, 0.717) is 28.8 Å². The number of methoxy groups -OCH3 is 1. The van der Waals surface area contributed by atoms with E-state index < -0.39 is 5.97 Å². The molecule has 0 atom stereocenters. The predicted octanol–water partition coefficient (Wildman–Crippen LogP) is 4.15. The van der Waals surface area contributed by atoms with Gasteiger partial charge in [0.25, 0.3) is 5.91 Å². The van der Waals surface area contributed by atoms with Gasteiger partial charge in [-0.05, 0) is 24.5 Å². The molecule has 0 unspecified atom stereocenters. The molecule has 3 aromatic rings. The lowest BCUT2D eigenvalue weighted by atomic mass is 10.2. The Morgan fingerprint density at radius 3 is 2.76 bits per heavy atom. The van der Waals surface area contributed by atoms with Gasteiger partial charge in [-0.2, -0.15) is 0 Å². The minimum absolute atomic E-state index is 0.256. The van der Waals surface area contributed by atoms with Crippen molar-refractivity contribution in [1.29, 1.82) is 0 Å². The predicted molar refractivity (Wildman–Crippen MR) is 111 cm³/mol. The monoisotopic (exact) mass is 398 g/mol. The number of carbonyl (C=O) groups excluding carboxylic acids is 2. The lowest BCUT2D eigenvalue weighted by Crippen LogP contribution is -2.18. The van der Waals surface area contributed by atoms with Crippen LogP contribution in [0.4, 0.5) is 11.4 Å². The molecule has 0 aliphatic carbocycles. The summed E-state index contributed by atoms with van der Waals surface area (Å²) in [6, 6.07) is 3.46. The van der Waals surface area contributed by atoms with Gasteiger partial charge in [-0.3, -0.25) is 4.79 Å². The third-order valence-corrected chi connectivity index (χ3v) is 4.43. The Hall–Kier alpha value is -3.29. The number of pyridine rings is 1. The summed E-state index contributed by atoms with van der Waals surface area (Å²) in [5, 5.41) is 6.82. The highest BCUT2D eigenvalue weighted by Gasteiger charge is 2.27. The van der Waals surface area contributed by atoms with Gasteiger partial charge in [0.15, 0.2) is 5.69 Å². The lowest BCUT2D eigenvalue weighted by molar-refractivity contribution is 0.0589. The fraction of sp³-hybridized carbons (Fsp3) is 0.381. The molecule has 3 heterocycles. The number of esters is 1. The van der Waals surface area contributed by atoms with E-state index in [-0.39, 0.29) is 17.5 Å². The molecule has 8 heteroatoms. The molecule has 3 aromatic heterocycles. The smallest absolute Gasteiger partial charge is 0.356 e. The third kappa shape index (κ3) is 4.26. The van der Waals surface area contributed by atoms with Gasteiger partial charge in [-0.1, -0.05) is 20.8 Å². The van der Waals surface area contributed by atoms with E-state index in [1.165, 1.54) is 19.6 Å². The van der Waals surface area contributed by atoms with Gasteiger partial charge >= 0.3 is 5.97 Å². The first-order valence-corrected chi connectivity index (χ1v) is 9.64. The van der Waals surface area contributed by atoms with Crippen LogP contribution in [0.5, 0.6) is 0 Å². The zero-order valence-electron chi connectivity index (χ0n) is 17.1. The van der Waals surface area contributed by atoms with Crippen molar-refractivity contribution in [3.05, 3.63) is 42.1 Å². The molecular weight excluding hydrogens is 372 g/mol. The number of ether oxygens (including phenoxy) is 1. The molecular formula is C21H26N4O4. The molecule has 1 amide bonds. The maximum Gasteiger partial charge on any atom is 0.356 e. The summed E-state index contributed by atoms with van der Waals surface area (Å²) in [7, 11) is 1.32. The first-order valence-electron chi connectivity index (χ1n) is 9.64. The number of nitrogens with zero attached hydrogens (tertiary/aromatic N) is 2.